The van der Waals surface area contributed by atoms with Crippen molar-refractivity contribution in [2.24, 2.45) is 0 Å². The molecule has 0 aromatic rings. The third-order valence-corrected chi connectivity index (χ3v) is 3.21. The van der Waals surface area contributed by atoms with Crippen LogP contribution in [-0.2, 0) is 4.79 Å². The molecule has 6 heteroatoms. The number of nitrogens with one attached hydrogen (secondary N) is 1. The Hall–Kier alpha value is -1.30. The van der Waals surface area contributed by atoms with E-state index in [9.17, 15) is 9.59 Å². The lowest BCUT2D eigenvalue weighted by molar-refractivity contribution is -0.136. The lowest BCUT2D eigenvalue weighted by Gasteiger charge is -2.31. The van der Waals surface area contributed by atoms with Crippen LogP contribution in [0.5, 0.6) is 0 Å². The van der Waals surface area contributed by atoms with Crippen molar-refractivity contribution in [3.05, 3.63) is 0 Å². The molecule has 2 aliphatic rings. The molecule has 0 aliphatic carbocycles. The first-order valence-corrected chi connectivity index (χ1v) is 5.69. The molecule has 0 aromatic carbocycles. The number of hydrogen-bond acceptors (Lipinski definition) is 3. The molecule has 2 saturated heterocycles. The van der Waals surface area contributed by atoms with E-state index in [1.54, 1.807) is 4.90 Å². The zero-order chi connectivity index (χ0) is 11.5. The first kappa shape index (κ1) is 11.2. The highest BCUT2D eigenvalue weighted by Crippen LogP contribution is 2.19. The average molecular weight is 227 g/mol. The lowest BCUT2D eigenvalue weighted by atomic mass is 10.2. The van der Waals surface area contributed by atoms with E-state index < -0.39 is 12.1 Å². The highest BCUT2D eigenvalue weighted by Gasteiger charge is 2.36. The molecule has 2 rings (SSSR count). The van der Waals surface area contributed by atoms with Crippen molar-refractivity contribution in [3.8, 4) is 0 Å². The van der Waals surface area contributed by atoms with E-state index in [4.69, 9.17) is 5.11 Å². The van der Waals surface area contributed by atoms with E-state index in [0.717, 1.165) is 19.5 Å². The van der Waals surface area contributed by atoms with Gasteiger partial charge in [-0.2, -0.15) is 0 Å². The Morgan fingerprint density at radius 2 is 1.88 bits per heavy atom. The summed E-state index contributed by atoms with van der Waals surface area (Å²) in [5.41, 5.74) is 0. The maximum absolute atomic E-state index is 12.1. The standard InChI is InChI=1S/C10H17N3O3/c14-9(12-6-3-11-4-7-12)8-2-1-5-13(8)10(15)16/h8,11H,1-7H2,(H,15,16). The molecule has 2 aliphatic heterocycles. The van der Waals surface area contributed by atoms with Crippen LogP contribution in [0.2, 0.25) is 0 Å². The Morgan fingerprint density at radius 1 is 1.19 bits per heavy atom. The second kappa shape index (κ2) is 4.69. The van der Waals surface area contributed by atoms with Crippen molar-refractivity contribution >= 4 is 12.0 Å². The molecule has 1 unspecified atom stereocenters. The number of rotatable bonds is 1. The van der Waals surface area contributed by atoms with Crippen LogP contribution < -0.4 is 5.32 Å². The minimum absolute atomic E-state index is 0.0265. The number of carbonyl (C=O) groups excluding carboxylic acids is 1. The summed E-state index contributed by atoms with van der Waals surface area (Å²) in [6, 6.07) is -0.449. The van der Waals surface area contributed by atoms with E-state index in [0.29, 0.717) is 26.1 Å². The predicted molar refractivity (Wildman–Crippen MR) is 57.2 cm³/mol. The first-order chi connectivity index (χ1) is 7.70. The topological polar surface area (TPSA) is 72.9 Å². The Bertz CT molecular complexity index is 289. The Morgan fingerprint density at radius 3 is 2.50 bits per heavy atom. The van der Waals surface area contributed by atoms with Crippen LogP contribution in [-0.4, -0.2) is 65.7 Å². The number of piperazine rings is 1. The van der Waals surface area contributed by atoms with Gasteiger partial charge in [-0.05, 0) is 12.8 Å². The Kier molecular flexibility index (Phi) is 3.28. The summed E-state index contributed by atoms with van der Waals surface area (Å²) in [4.78, 5) is 26.1. The van der Waals surface area contributed by atoms with E-state index in [1.807, 2.05) is 0 Å². The van der Waals surface area contributed by atoms with Crippen LogP contribution in [0.15, 0.2) is 0 Å². The summed E-state index contributed by atoms with van der Waals surface area (Å²) < 4.78 is 0. The van der Waals surface area contributed by atoms with Crippen LogP contribution in [0.4, 0.5) is 4.79 Å². The fourth-order valence-corrected chi connectivity index (χ4v) is 2.35. The van der Waals surface area contributed by atoms with E-state index >= 15 is 0 Å². The van der Waals surface area contributed by atoms with Gasteiger partial charge in [-0.3, -0.25) is 9.69 Å². The van der Waals surface area contributed by atoms with Crippen molar-refractivity contribution < 1.29 is 14.7 Å². The quantitative estimate of drug-likeness (QED) is 0.637. The third kappa shape index (κ3) is 2.11. The molecular formula is C10H17N3O3. The number of hydrogen-bond donors (Lipinski definition) is 2. The molecule has 0 spiro atoms. The van der Waals surface area contributed by atoms with Gasteiger partial charge in [-0.1, -0.05) is 0 Å². The summed E-state index contributed by atoms with van der Waals surface area (Å²) >= 11 is 0. The smallest absolute Gasteiger partial charge is 0.407 e. The van der Waals surface area contributed by atoms with Gasteiger partial charge >= 0.3 is 6.09 Å². The minimum atomic E-state index is -0.981. The molecule has 0 aromatic heterocycles. The van der Waals surface area contributed by atoms with Gasteiger partial charge < -0.3 is 15.3 Å². The van der Waals surface area contributed by atoms with Gasteiger partial charge in [0.15, 0.2) is 0 Å². The second-order valence-electron chi connectivity index (χ2n) is 4.21. The van der Waals surface area contributed by atoms with E-state index in [-0.39, 0.29) is 5.91 Å². The average Bonchev–Trinajstić information content (AvgIpc) is 2.78. The molecule has 0 radical (unpaired) electrons. The van der Waals surface area contributed by atoms with Gasteiger partial charge in [0, 0.05) is 32.7 Å². The van der Waals surface area contributed by atoms with Crippen LogP contribution in [0.3, 0.4) is 0 Å². The van der Waals surface area contributed by atoms with Crippen LogP contribution in [0.25, 0.3) is 0 Å². The van der Waals surface area contributed by atoms with Crippen LogP contribution >= 0.6 is 0 Å². The highest BCUT2D eigenvalue weighted by molar-refractivity contribution is 5.86. The maximum Gasteiger partial charge on any atom is 0.407 e. The normalized spacial score (nSPS) is 25.9. The SMILES string of the molecule is O=C(C1CCCN1C(=O)O)N1CCNCC1. The van der Waals surface area contributed by atoms with Gasteiger partial charge in [0.1, 0.15) is 6.04 Å². The second-order valence-corrected chi connectivity index (χ2v) is 4.21. The molecule has 2 amide bonds. The molecule has 90 valence electrons. The van der Waals surface area contributed by atoms with Crippen molar-refractivity contribution in [1.29, 1.82) is 0 Å². The third-order valence-electron chi connectivity index (χ3n) is 3.21. The molecule has 1 atom stereocenters. The van der Waals surface area contributed by atoms with Gasteiger partial charge in [0.25, 0.3) is 0 Å². The lowest BCUT2D eigenvalue weighted by Crippen LogP contribution is -2.53. The van der Waals surface area contributed by atoms with Crippen LogP contribution in [0.1, 0.15) is 12.8 Å². The van der Waals surface area contributed by atoms with Crippen molar-refractivity contribution in [1.82, 2.24) is 15.1 Å². The Balaban J connectivity index is 1.99. The summed E-state index contributed by atoms with van der Waals surface area (Å²) in [6.07, 6.45) is 0.468. The minimum Gasteiger partial charge on any atom is -0.465 e. The summed E-state index contributed by atoms with van der Waals surface area (Å²) in [7, 11) is 0. The Labute approximate surface area is 94.2 Å². The van der Waals surface area contributed by atoms with Gasteiger partial charge in [-0.25, -0.2) is 4.79 Å². The summed E-state index contributed by atoms with van der Waals surface area (Å²) in [5, 5.41) is 12.1. The molecular weight excluding hydrogens is 210 g/mol. The van der Waals surface area contributed by atoms with E-state index in [1.165, 1.54) is 4.90 Å². The molecule has 6 nitrogen and oxygen atoms in total. The zero-order valence-corrected chi connectivity index (χ0v) is 9.19. The number of likely N-dealkylation sites (tertiary alicyclic amines) is 1. The molecule has 16 heavy (non-hydrogen) atoms. The number of carboxylic acid groups (broad SMARTS) is 1. The fraction of sp³-hybridized carbons (Fsp3) is 0.800. The summed E-state index contributed by atoms with van der Waals surface area (Å²) in [6.45, 7) is 3.44. The highest BCUT2D eigenvalue weighted by atomic mass is 16.4. The fourth-order valence-electron chi connectivity index (χ4n) is 2.35. The van der Waals surface area contributed by atoms with Gasteiger partial charge in [0.05, 0.1) is 0 Å². The molecule has 2 heterocycles. The van der Waals surface area contributed by atoms with Crippen molar-refractivity contribution in [2.45, 2.75) is 18.9 Å². The number of carbonyl (C=O) groups is 2. The number of amides is 2. The molecule has 2 N–H and O–H groups in total. The van der Waals surface area contributed by atoms with Crippen molar-refractivity contribution in [2.75, 3.05) is 32.7 Å². The van der Waals surface area contributed by atoms with E-state index in [2.05, 4.69) is 5.32 Å². The largest absolute Gasteiger partial charge is 0.465 e. The monoisotopic (exact) mass is 227 g/mol. The first-order valence-electron chi connectivity index (χ1n) is 5.69. The van der Waals surface area contributed by atoms with Crippen molar-refractivity contribution in [3.63, 3.8) is 0 Å². The van der Waals surface area contributed by atoms with Crippen LogP contribution in [0, 0.1) is 0 Å². The molecule has 2 fully saturated rings. The summed E-state index contributed by atoms with van der Waals surface area (Å²) in [5.74, 6) is -0.0265. The molecule has 0 bridgehead atoms. The molecule has 0 saturated carbocycles. The maximum atomic E-state index is 12.1. The zero-order valence-electron chi connectivity index (χ0n) is 9.19. The number of nitrogens with zero attached hydrogens (tertiary/aromatic N) is 2. The van der Waals surface area contributed by atoms with Gasteiger partial charge in [0.2, 0.25) is 5.91 Å². The van der Waals surface area contributed by atoms with Gasteiger partial charge in [-0.15, -0.1) is 0 Å². The predicted octanol–water partition coefficient (Wildman–Crippen LogP) is -0.439.